The lowest BCUT2D eigenvalue weighted by atomic mass is 10.1. The third-order valence-electron chi connectivity index (χ3n) is 3.37. The van der Waals surface area contributed by atoms with E-state index in [0.29, 0.717) is 23.6 Å². The molecule has 2 rings (SSSR count). The summed E-state index contributed by atoms with van der Waals surface area (Å²) in [6.07, 6.45) is 4.10. The van der Waals surface area contributed by atoms with Crippen molar-refractivity contribution in [3.05, 3.63) is 70.3 Å². The van der Waals surface area contributed by atoms with Crippen molar-refractivity contribution in [2.75, 3.05) is 14.2 Å². The Hall–Kier alpha value is -3.15. The fraction of sp³-hybridized carbons (Fsp3) is 0.167. The molecule has 0 aromatic heterocycles. The van der Waals surface area contributed by atoms with Gasteiger partial charge in [-0.25, -0.2) is 0 Å². The molecule has 0 fully saturated rings. The Bertz CT molecular complexity index is 767. The summed E-state index contributed by atoms with van der Waals surface area (Å²) >= 11 is 0. The third-order valence-corrected chi connectivity index (χ3v) is 3.37. The van der Waals surface area contributed by atoms with Crippen LogP contribution in [0, 0.1) is 10.1 Å². The molecular weight excluding hydrogens is 308 g/mol. The van der Waals surface area contributed by atoms with E-state index in [1.54, 1.807) is 38.6 Å². The van der Waals surface area contributed by atoms with E-state index in [-0.39, 0.29) is 5.69 Å². The number of ether oxygens (including phenoxy) is 2. The third kappa shape index (κ3) is 3.98. The van der Waals surface area contributed by atoms with Gasteiger partial charge in [-0.1, -0.05) is 6.08 Å². The zero-order valence-electron chi connectivity index (χ0n) is 13.6. The van der Waals surface area contributed by atoms with Gasteiger partial charge in [-0.15, -0.1) is 6.58 Å². The number of non-ortho nitro benzene ring substituents is 1. The Morgan fingerprint density at radius 3 is 2.46 bits per heavy atom. The molecule has 0 aliphatic carbocycles. The largest absolute Gasteiger partial charge is 0.493 e. The molecule has 0 aliphatic heterocycles. The molecule has 0 saturated carbocycles. The summed E-state index contributed by atoms with van der Waals surface area (Å²) in [6.45, 7) is 3.75. The van der Waals surface area contributed by atoms with Crippen LogP contribution in [0.1, 0.15) is 11.1 Å². The molecule has 0 radical (unpaired) electrons. The van der Waals surface area contributed by atoms with Gasteiger partial charge in [0.2, 0.25) is 0 Å². The summed E-state index contributed by atoms with van der Waals surface area (Å²) in [5.41, 5.74) is 2.44. The van der Waals surface area contributed by atoms with Crippen molar-refractivity contribution in [2.45, 2.75) is 6.42 Å². The van der Waals surface area contributed by atoms with Crippen LogP contribution < -0.4 is 9.47 Å². The standard InChI is InChI=1S/C18H18N2O4/c1-4-5-14-10-13(11-17(23-2)18(14)24-3)12-19-15-6-8-16(9-7-15)20(21)22/h4,6-12H,1,5H2,2-3H3. The van der Waals surface area contributed by atoms with Gasteiger partial charge in [0.25, 0.3) is 5.69 Å². The zero-order valence-corrected chi connectivity index (χ0v) is 13.6. The lowest BCUT2D eigenvalue weighted by Gasteiger charge is -2.13. The molecular formula is C18H18N2O4. The van der Waals surface area contributed by atoms with Gasteiger partial charge in [0.15, 0.2) is 11.5 Å². The summed E-state index contributed by atoms with van der Waals surface area (Å²) in [7, 11) is 3.17. The number of methoxy groups -OCH3 is 2. The molecule has 0 unspecified atom stereocenters. The van der Waals surface area contributed by atoms with E-state index in [1.165, 1.54) is 12.1 Å². The minimum atomic E-state index is -0.441. The number of hydrogen-bond donors (Lipinski definition) is 0. The highest BCUT2D eigenvalue weighted by atomic mass is 16.6. The second-order valence-corrected chi connectivity index (χ2v) is 4.94. The number of nitrogens with zero attached hydrogens (tertiary/aromatic N) is 2. The van der Waals surface area contributed by atoms with E-state index in [1.807, 2.05) is 12.1 Å². The fourth-order valence-electron chi connectivity index (χ4n) is 2.26. The van der Waals surface area contributed by atoms with Gasteiger partial charge in [-0.2, -0.15) is 0 Å². The molecule has 0 spiro atoms. The molecule has 0 N–H and O–H groups in total. The van der Waals surface area contributed by atoms with Crippen molar-refractivity contribution < 1.29 is 14.4 Å². The maximum absolute atomic E-state index is 10.7. The van der Waals surface area contributed by atoms with Crippen LogP contribution in [0.2, 0.25) is 0 Å². The Labute approximate surface area is 140 Å². The maximum Gasteiger partial charge on any atom is 0.269 e. The van der Waals surface area contributed by atoms with Gasteiger partial charge < -0.3 is 9.47 Å². The molecule has 0 atom stereocenters. The van der Waals surface area contributed by atoms with E-state index in [2.05, 4.69) is 11.6 Å². The monoisotopic (exact) mass is 326 g/mol. The van der Waals surface area contributed by atoms with Crippen molar-refractivity contribution in [1.82, 2.24) is 0 Å². The van der Waals surface area contributed by atoms with Crippen LogP contribution in [0.25, 0.3) is 0 Å². The first-order chi connectivity index (χ1) is 11.6. The molecule has 0 bridgehead atoms. The summed E-state index contributed by atoms with van der Waals surface area (Å²) in [4.78, 5) is 14.6. The minimum Gasteiger partial charge on any atom is -0.493 e. The molecule has 124 valence electrons. The number of benzene rings is 2. The van der Waals surface area contributed by atoms with Gasteiger partial charge in [0.1, 0.15) is 0 Å². The van der Waals surface area contributed by atoms with Crippen molar-refractivity contribution in [3.63, 3.8) is 0 Å². The second-order valence-electron chi connectivity index (χ2n) is 4.94. The van der Waals surface area contributed by atoms with Gasteiger partial charge in [0.05, 0.1) is 24.8 Å². The van der Waals surface area contributed by atoms with Crippen LogP contribution in [0.3, 0.4) is 0 Å². The highest BCUT2D eigenvalue weighted by molar-refractivity contribution is 5.84. The molecule has 2 aromatic rings. The van der Waals surface area contributed by atoms with Crippen molar-refractivity contribution >= 4 is 17.6 Å². The van der Waals surface area contributed by atoms with E-state index >= 15 is 0 Å². The molecule has 24 heavy (non-hydrogen) atoms. The van der Waals surface area contributed by atoms with Gasteiger partial charge in [0, 0.05) is 23.9 Å². The summed E-state index contributed by atoms with van der Waals surface area (Å²) in [5, 5.41) is 10.7. The lowest BCUT2D eigenvalue weighted by molar-refractivity contribution is -0.384. The zero-order chi connectivity index (χ0) is 17.5. The second kappa shape index (κ2) is 7.92. The number of aliphatic imine (C=N–C) groups is 1. The number of nitro groups is 1. The quantitative estimate of drug-likeness (QED) is 0.332. The first kappa shape index (κ1) is 17.2. The number of hydrogen-bond acceptors (Lipinski definition) is 5. The predicted octanol–water partition coefficient (Wildman–Crippen LogP) is 4.09. The fourth-order valence-corrected chi connectivity index (χ4v) is 2.26. The lowest BCUT2D eigenvalue weighted by Crippen LogP contribution is -1.97. The molecule has 0 aliphatic rings. The first-order valence-electron chi connectivity index (χ1n) is 7.23. The maximum atomic E-state index is 10.7. The van der Waals surface area contributed by atoms with Crippen molar-refractivity contribution in [1.29, 1.82) is 0 Å². The minimum absolute atomic E-state index is 0.0355. The number of nitro benzene ring substituents is 1. The van der Waals surface area contributed by atoms with Crippen LogP contribution in [0.4, 0.5) is 11.4 Å². The summed E-state index contributed by atoms with van der Waals surface area (Å²) in [6, 6.07) is 9.80. The molecule has 0 amide bonds. The number of allylic oxidation sites excluding steroid dienone is 1. The topological polar surface area (TPSA) is 74.0 Å². The van der Waals surface area contributed by atoms with E-state index in [9.17, 15) is 10.1 Å². The molecule has 0 saturated heterocycles. The van der Waals surface area contributed by atoms with Gasteiger partial charge >= 0.3 is 0 Å². The van der Waals surface area contributed by atoms with Crippen LogP contribution in [0.5, 0.6) is 11.5 Å². The normalized spacial score (nSPS) is 10.6. The highest BCUT2D eigenvalue weighted by Gasteiger charge is 2.11. The number of rotatable bonds is 7. The Morgan fingerprint density at radius 1 is 1.21 bits per heavy atom. The average molecular weight is 326 g/mol. The predicted molar refractivity (Wildman–Crippen MR) is 93.8 cm³/mol. The molecule has 6 nitrogen and oxygen atoms in total. The van der Waals surface area contributed by atoms with Gasteiger partial charge in [-0.05, 0) is 36.2 Å². The summed E-state index contributed by atoms with van der Waals surface area (Å²) < 4.78 is 10.8. The van der Waals surface area contributed by atoms with E-state index in [0.717, 1.165) is 11.1 Å². The van der Waals surface area contributed by atoms with Crippen molar-refractivity contribution in [3.8, 4) is 11.5 Å². The summed E-state index contributed by atoms with van der Waals surface area (Å²) in [5.74, 6) is 1.28. The molecule has 0 heterocycles. The van der Waals surface area contributed by atoms with Gasteiger partial charge in [-0.3, -0.25) is 15.1 Å². The van der Waals surface area contributed by atoms with Crippen LogP contribution in [-0.4, -0.2) is 25.4 Å². The highest BCUT2D eigenvalue weighted by Crippen LogP contribution is 2.33. The van der Waals surface area contributed by atoms with Crippen molar-refractivity contribution in [2.24, 2.45) is 4.99 Å². The SMILES string of the molecule is C=CCc1cc(C=Nc2ccc([N+](=O)[O-])cc2)cc(OC)c1OC. The van der Waals surface area contributed by atoms with E-state index in [4.69, 9.17) is 9.47 Å². The van der Waals surface area contributed by atoms with Crippen LogP contribution >= 0.6 is 0 Å². The molecule has 6 heteroatoms. The van der Waals surface area contributed by atoms with Crippen LogP contribution in [0.15, 0.2) is 54.0 Å². The first-order valence-corrected chi connectivity index (χ1v) is 7.23. The Kier molecular flexibility index (Phi) is 5.68. The van der Waals surface area contributed by atoms with Crippen LogP contribution in [-0.2, 0) is 6.42 Å². The average Bonchev–Trinajstić information content (AvgIpc) is 2.60. The Morgan fingerprint density at radius 2 is 1.92 bits per heavy atom. The smallest absolute Gasteiger partial charge is 0.269 e. The Balaban J connectivity index is 2.32. The van der Waals surface area contributed by atoms with E-state index < -0.39 is 4.92 Å². The molecule has 2 aromatic carbocycles.